The highest BCUT2D eigenvalue weighted by Crippen LogP contribution is 2.35. The lowest BCUT2D eigenvalue weighted by Crippen LogP contribution is -2.52. The van der Waals surface area contributed by atoms with Gasteiger partial charge in [0.1, 0.15) is 11.9 Å². The van der Waals surface area contributed by atoms with Crippen molar-refractivity contribution in [2.45, 2.75) is 46.1 Å². The lowest BCUT2D eigenvalue weighted by atomic mass is 9.95. The van der Waals surface area contributed by atoms with Gasteiger partial charge in [0.2, 0.25) is 5.91 Å². The van der Waals surface area contributed by atoms with Gasteiger partial charge in [0.15, 0.2) is 0 Å². The molecule has 6 heteroatoms. The normalized spacial score (nSPS) is 18.9. The molecule has 2 aliphatic rings. The van der Waals surface area contributed by atoms with E-state index in [4.69, 9.17) is 4.74 Å². The first-order valence-corrected chi connectivity index (χ1v) is 11.2. The zero-order valence-corrected chi connectivity index (χ0v) is 18.6. The van der Waals surface area contributed by atoms with Crippen LogP contribution in [0.25, 0.3) is 0 Å². The van der Waals surface area contributed by atoms with Gasteiger partial charge in [-0.2, -0.15) is 0 Å². The molecule has 0 saturated carbocycles. The first-order chi connectivity index (χ1) is 15.0. The quantitative estimate of drug-likeness (QED) is 0.778. The highest BCUT2D eigenvalue weighted by atomic mass is 16.5. The van der Waals surface area contributed by atoms with Gasteiger partial charge in [-0.1, -0.05) is 36.8 Å². The van der Waals surface area contributed by atoms with E-state index in [0.29, 0.717) is 32.5 Å². The predicted molar refractivity (Wildman–Crippen MR) is 123 cm³/mol. The zero-order chi connectivity index (χ0) is 22.0. The molecule has 0 spiro atoms. The number of hydrogen-bond acceptors (Lipinski definition) is 3. The van der Waals surface area contributed by atoms with E-state index in [9.17, 15) is 9.59 Å². The van der Waals surface area contributed by atoms with Crippen LogP contribution in [0.4, 0.5) is 16.2 Å². The maximum absolute atomic E-state index is 13.3. The second-order valence-corrected chi connectivity index (χ2v) is 8.58. The second-order valence-electron chi connectivity index (χ2n) is 8.58. The molecule has 4 rings (SSSR count). The smallest absolute Gasteiger partial charge is 0.324 e. The third-order valence-corrected chi connectivity index (χ3v) is 6.30. The summed E-state index contributed by atoms with van der Waals surface area (Å²) < 4.78 is 6.01. The molecule has 31 heavy (non-hydrogen) atoms. The van der Waals surface area contributed by atoms with Gasteiger partial charge in [0, 0.05) is 24.7 Å². The van der Waals surface area contributed by atoms with Crippen LogP contribution in [-0.4, -0.2) is 42.6 Å². The summed E-state index contributed by atoms with van der Waals surface area (Å²) in [4.78, 5) is 29.8. The highest BCUT2D eigenvalue weighted by Gasteiger charge is 2.34. The summed E-state index contributed by atoms with van der Waals surface area (Å²) >= 11 is 0. The number of piperidine rings is 1. The third kappa shape index (κ3) is 4.53. The summed E-state index contributed by atoms with van der Waals surface area (Å²) in [6.45, 7) is 7.84. The number of nitrogens with one attached hydrogen (secondary N) is 1. The number of hydrogen-bond donors (Lipinski definition) is 1. The van der Waals surface area contributed by atoms with Crippen LogP contribution < -0.4 is 15.0 Å². The van der Waals surface area contributed by atoms with Crippen LogP contribution in [0.5, 0.6) is 5.75 Å². The fraction of sp³-hybridized carbons (Fsp3) is 0.440. The molecule has 1 saturated heterocycles. The third-order valence-electron chi connectivity index (χ3n) is 6.30. The summed E-state index contributed by atoms with van der Waals surface area (Å²) in [5, 5.41) is 3.07. The van der Waals surface area contributed by atoms with E-state index in [-0.39, 0.29) is 24.0 Å². The number of anilines is 2. The Bertz CT molecular complexity index is 966. The second kappa shape index (κ2) is 9.00. The Kier molecular flexibility index (Phi) is 6.16. The molecule has 0 radical (unpaired) electrons. The average molecular weight is 422 g/mol. The number of rotatable bonds is 3. The van der Waals surface area contributed by atoms with Crippen molar-refractivity contribution in [3.63, 3.8) is 0 Å². The number of benzene rings is 2. The van der Waals surface area contributed by atoms with E-state index in [1.807, 2.05) is 60.0 Å². The summed E-state index contributed by atoms with van der Waals surface area (Å²) in [7, 11) is 0. The molecule has 2 aromatic rings. The Hall–Kier alpha value is -3.02. The minimum atomic E-state index is -0.0786. The van der Waals surface area contributed by atoms with Crippen molar-refractivity contribution in [1.29, 1.82) is 0 Å². The van der Waals surface area contributed by atoms with Crippen LogP contribution in [0.15, 0.2) is 42.5 Å². The van der Waals surface area contributed by atoms with Crippen LogP contribution in [-0.2, 0) is 4.79 Å². The van der Waals surface area contributed by atoms with Gasteiger partial charge in [-0.3, -0.25) is 9.69 Å². The fourth-order valence-corrected chi connectivity index (χ4v) is 4.38. The molecule has 1 fully saturated rings. The van der Waals surface area contributed by atoms with Crippen LogP contribution in [0.2, 0.25) is 0 Å². The van der Waals surface area contributed by atoms with Crippen molar-refractivity contribution in [1.82, 2.24) is 4.90 Å². The number of carbonyl (C=O) groups excluding carboxylic acids is 2. The van der Waals surface area contributed by atoms with Crippen LogP contribution in [0.1, 0.15) is 37.3 Å². The molecule has 2 aromatic carbocycles. The van der Waals surface area contributed by atoms with Crippen molar-refractivity contribution in [2.75, 3.05) is 29.9 Å². The van der Waals surface area contributed by atoms with E-state index >= 15 is 0 Å². The lowest BCUT2D eigenvalue weighted by molar-refractivity contribution is -0.121. The average Bonchev–Trinajstić information content (AvgIpc) is 2.79. The van der Waals surface area contributed by atoms with Crippen molar-refractivity contribution in [2.24, 2.45) is 5.92 Å². The number of para-hydroxylation sites is 2. The Labute approximate surface area is 184 Å². The number of aryl methyl sites for hydroxylation is 2. The monoisotopic (exact) mass is 421 g/mol. The molecule has 1 unspecified atom stereocenters. The number of fused-ring (bicyclic) bond motifs is 1. The lowest BCUT2D eigenvalue weighted by Gasteiger charge is -2.39. The number of likely N-dealkylation sites (tertiary alicyclic amines) is 1. The summed E-state index contributed by atoms with van der Waals surface area (Å²) in [5.74, 6) is 0.726. The van der Waals surface area contributed by atoms with E-state index in [1.54, 1.807) is 0 Å². The van der Waals surface area contributed by atoms with E-state index in [1.165, 1.54) is 5.56 Å². The molecule has 0 bridgehead atoms. The molecule has 2 heterocycles. The number of amides is 3. The molecule has 164 valence electrons. The first-order valence-electron chi connectivity index (χ1n) is 11.2. The summed E-state index contributed by atoms with van der Waals surface area (Å²) in [6, 6.07) is 13.7. The van der Waals surface area contributed by atoms with Gasteiger partial charge in [0.05, 0.1) is 12.2 Å². The molecule has 1 atom stereocenters. The van der Waals surface area contributed by atoms with E-state index in [0.717, 1.165) is 29.1 Å². The zero-order valence-electron chi connectivity index (χ0n) is 18.6. The Morgan fingerprint density at radius 1 is 1.10 bits per heavy atom. The molecular formula is C25H31N3O3. The molecular weight excluding hydrogens is 390 g/mol. The topological polar surface area (TPSA) is 61.9 Å². The molecule has 0 aromatic heterocycles. The molecule has 2 aliphatic heterocycles. The summed E-state index contributed by atoms with van der Waals surface area (Å²) in [5.41, 5.74) is 3.94. The van der Waals surface area contributed by atoms with Crippen molar-refractivity contribution in [3.05, 3.63) is 53.6 Å². The standard InChI is InChI=1S/C25H31N3O3/c1-4-20-16-28(22-7-5-6-8-23(22)31-20)25(30)27-13-11-19(12-14-27)24(29)26-21-10-9-17(2)15-18(21)3/h5-10,15,19-20H,4,11-14,16H2,1-3H3,(H,26,29). The SMILES string of the molecule is CCC1CN(C(=O)N2CCC(C(=O)Nc3ccc(C)cc3C)CC2)c2ccccc2O1. The van der Waals surface area contributed by atoms with Crippen molar-refractivity contribution in [3.8, 4) is 5.75 Å². The van der Waals surface area contributed by atoms with Gasteiger partial charge in [-0.25, -0.2) is 4.79 Å². The van der Waals surface area contributed by atoms with Gasteiger partial charge < -0.3 is 15.0 Å². The molecule has 3 amide bonds. The van der Waals surface area contributed by atoms with Gasteiger partial charge in [-0.05, 0) is 56.9 Å². The number of urea groups is 1. The van der Waals surface area contributed by atoms with Gasteiger partial charge >= 0.3 is 6.03 Å². The Morgan fingerprint density at radius 2 is 1.84 bits per heavy atom. The Morgan fingerprint density at radius 3 is 2.55 bits per heavy atom. The first kappa shape index (κ1) is 21.2. The van der Waals surface area contributed by atoms with E-state index in [2.05, 4.69) is 18.3 Å². The van der Waals surface area contributed by atoms with Gasteiger partial charge in [-0.15, -0.1) is 0 Å². The maximum atomic E-state index is 13.3. The number of nitrogens with zero attached hydrogens (tertiary/aromatic N) is 2. The van der Waals surface area contributed by atoms with Crippen LogP contribution >= 0.6 is 0 Å². The highest BCUT2D eigenvalue weighted by molar-refractivity contribution is 5.95. The van der Waals surface area contributed by atoms with Crippen molar-refractivity contribution < 1.29 is 14.3 Å². The van der Waals surface area contributed by atoms with Crippen LogP contribution in [0.3, 0.4) is 0 Å². The molecule has 6 nitrogen and oxygen atoms in total. The van der Waals surface area contributed by atoms with Gasteiger partial charge in [0.25, 0.3) is 0 Å². The van der Waals surface area contributed by atoms with Crippen LogP contribution in [0, 0.1) is 19.8 Å². The largest absolute Gasteiger partial charge is 0.486 e. The summed E-state index contributed by atoms with van der Waals surface area (Å²) in [6.07, 6.45) is 2.19. The fourth-order valence-electron chi connectivity index (χ4n) is 4.38. The predicted octanol–water partition coefficient (Wildman–Crippen LogP) is 4.75. The number of ether oxygens (including phenoxy) is 1. The number of carbonyl (C=O) groups is 2. The Balaban J connectivity index is 1.38. The maximum Gasteiger partial charge on any atom is 0.324 e. The minimum absolute atomic E-state index is 0.0000781. The minimum Gasteiger partial charge on any atom is -0.486 e. The van der Waals surface area contributed by atoms with Crippen molar-refractivity contribution >= 4 is 23.3 Å². The van der Waals surface area contributed by atoms with E-state index < -0.39 is 0 Å². The molecule has 1 N–H and O–H groups in total. The molecule has 0 aliphatic carbocycles.